The van der Waals surface area contributed by atoms with Gasteiger partial charge in [0.05, 0.1) is 24.1 Å². The Hall–Kier alpha value is -2.91. The van der Waals surface area contributed by atoms with Crippen molar-refractivity contribution in [1.82, 2.24) is 9.55 Å². The first-order valence-electron chi connectivity index (χ1n) is 10.5. The van der Waals surface area contributed by atoms with Crippen LogP contribution in [0.4, 0.5) is 5.95 Å². The van der Waals surface area contributed by atoms with Crippen LogP contribution >= 0.6 is 0 Å². The molecule has 170 valence electrons. The van der Waals surface area contributed by atoms with E-state index in [1.165, 1.54) is 6.07 Å². The number of nitrogens with zero attached hydrogens (tertiary/aromatic N) is 3. The molecule has 2 aromatic carbocycles. The second-order valence-corrected chi connectivity index (χ2v) is 10.1. The molecule has 0 N–H and O–H groups in total. The first kappa shape index (κ1) is 22.3. The molecule has 0 amide bonds. The van der Waals surface area contributed by atoms with Crippen LogP contribution in [0.2, 0.25) is 0 Å². The van der Waals surface area contributed by atoms with E-state index >= 15 is 0 Å². The number of fused-ring (bicyclic) bond motifs is 1. The van der Waals surface area contributed by atoms with Crippen molar-refractivity contribution in [1.29, 1.82) is 0 Å². The normalized spacial score (nSPS) is 15.7. The lowest BCUT2D eigenvalue weighted by Gasteiger charge is -2.29. The Balaban J connectivity index is 1.84. The summed E-state index contributed by atoms with van der Waals surface area (Å²) < 4.78 is 37.5. The Morgan fingerprint density at radius 1 is 1.16 bits per heavy atom. The summed E-state index contributed by atoms with van der Waals surface area (Å²) in [5.41, 5.74) is 2.06. The largest absolute Gasteiger partial charge is 0.485 e. The Morgan fingerprint density at radius 3 is 2.53 bits per heavy atom. The number of sulfone groups is 1. The lowest BCUT2D eigenvalue weighted by Crippen LogP contribution is -2.40. The Labute approximate surface area is 187 Å². The van der Waals surface area contributed by atoms with E-state index in [1.54, 1.807) is 29.8 Å². The maximum absolute atomic E-state index is 13.2. The monoisotopic (exact) mass is 457 g/mol. The highest BCUT2D eigenvalue weighted by Crippen LogP contribution is 2.31. The summed E-state index contributed by atoms with van der Waals surface area (Å²) >= 11 is 0. The van der Waals surface area contributed by atoms with Gasteiger partial charge in [-0.05, 0) is 37.6 Å². The van der Waals surface area contributed by atoms with Crippen molar-refractivity contribution in [2.45, 2.75) is 24.8 Å². The zero-order chi connectivity index (χ0) is 23.0. The molecule has 4 rings (SSSR count). The molecular formula is C23H27N3O5S. The second kappa shape index (κ2) is 8.55. The first-order valence-corrected chi connectivity index (χ1v) is 12.4. The summed E-state index contributed by atoms with van der Waals surface area (Å²) in [7, 11) is -1.73. The van der Waals surface area contributed by atoms with E-state index in [0.29, 0.717) is 43.2 Å². The van der Waals surface area contributed by atoms with Gasteiger partial charge < -0.3 is 14.4 Å². The van der Waals surface area contributed by atoms with E-state index in [2.05, 4.69) is 0 Å². The van der Waals surface area contributed by atoms with Crippen LogP contribution < -0.4 is 15.2 Å². The van der Waals surface area contributed by atoms with E-state index in [1.807, 2.05) is 30.9 Å². The fourth-order valence-corrected chi connectivity index (χ4v) is 4.81. The first-order chi connectivity index (χ1) is 15.2. The average Bonchev–Trinajstić information content (AvgIpc) is 2.76. The van der Waals surface area contributed by atoms with Gasteiger partial charge in [0.1, 0.15) is 16.7 Å². The molecule has 1 fully saturated rings. The molecular weight excluding hydrogens is 430 g/mol. The highest BCUT2D eigenvalue weighted by atomic mass is 32.2. The van der Waals surface area contributed by atoms with Crippen LogP contribution in [0, 0.1) is 6.92 Å². The van der Waals surface area contributed by atoms with Crippen molar-refractivity contribution in [3.8, 4) is 5.75 Å². The van der Waals surface area contributed by atoms with E-state index in [4.69, 9.17) is 14.5 Å². The fraction of sp³-hybridized carbons (Fsp3) is 0.391. The molecule has 1 saturated heterocycles. The SMILES string of the molecule is Cc1cc([C@@H](C)Oc2ccccc2S(C)(=O)=O)c2nc(N3CCOCC3)n(C)c(=O)c2c1. The van der Waals surface area contributed by atoms with Gasteiger partial charge in [0, 0.05) is 32.0 Å². The minimum atomic E-state index is -3.46. The van der Waals surface area contributed by atoms with Crippen molar-refractivity contribution < 1.29 is 17.9 Å². The van der Waals surface area contributed by atoms with Crippen molar-refractivity contribution in [2.24, 2.45) is 7.05 Å². The molecule has 0 bridgehead atoms. The molecule has 0 spiro atoms. The molecule has 1 aliphatic rings. The van der Waals surface area contributed by atoms with Crippen molar-refractivity contribution in [3.05, 3.63) is 57.9 Å². The summed E-state index contributed by atoms with van der Waals surface area (Å²) in [6.45, 7) is 6.21. The zero-order valence-corrected chi connectivity index (χ0v) is 19.5. The van der Waals surface area contributed by atoms with Gasteiger partial charge in [-0.2, -0.15) is 0 Å². The molecule has 1 aliphatic heterocycles. The van der Waals surface area contributed by atoms with E-state index in [0.717, 1.165) is 17.4 Å². The Bertz CT molecular complexity index is 1330. The predicted molar refractivity (Wildman–Crippen MR) is 123 cm³/mol. The third-order valence-corrected chi connectivity index (χ3v) is 6.75. The van der Waals surface area contributed by atoms with Gasteiger partial charge in [-0.3, -0.25) is 9.36 Å². The maximum atomic E-state index is 13.2. The molecule has 1 aromatic heterocycles. The predicted octanol–water partition coefficient (Wildman–Crippen LogP) is 2.62. The molecule has 9 heteroatoms. The number of benzene rings is 2. The van der Waals surface area contributed by atoms with Gasteiger partial charge in [0.2, 0.25) is 5.95 Å². The quantitative estimate of drug-likeness (QED) is 0.582. The molecule has 8 nitrogen and oxygen atoms in total. The van der Waals surface area contributed by atoms with Crippen molar-refractivity contribution >= 4 is 26.7 Å². The number of rotatable bonds is 5. The van der Waals surface area contributed by atoms with Gasteiger partial charge >= 0.3 is 0 Å². The smallest absolute Gasteiger partial charge is 0.262 e. The molecule has 2 heterocycles. The van der Waals surface area contributed by atoms with Crippen molar-refractivity contribution in [3.63, 3.8) is 0 Å². The summed E-state index contributed by atoms with van der Waals surface area (Å²) in [6.07, 6.45) is 0.624. The maximum Gasteiger partial charge on any atom is 0.262 e. The minimum Gasteiger partial charge on any atom is -0.485 e. The molecule has 0 unspecified atom stereocenters. The number of para-hydroxylation sites is 1. The fourth-order valence-electron chi connectivity index (χ4n) is 4.01. The summed E-state index contributed by atoms with van der Waals surface area (Å²) in [6, 6.07) is 10.3. The van der Waals surface area contributed by atoms with Gasteiger partial charge in [0.15, 0.2) is 9.84 Å². The van der Waals surface area contributed by atoms with Crippen LogP contribution in [0.25, 0.3) is 10.9 Å². The molecule has 32 heavy (non-hydrogen) atoms. The standard InChI is InChI=1S/C23H27N3O5S/c1-15-13-17(16(2)31-19-7-5-6-8-20(19)32(4,28)29)21-18(14-15)22(27)25(3)23(24-21)26-9-11-30-12-10-26/h5-8,13-14,16H,9-12H2,1-4H3/t16-/m1/s1. The van der Waals surface area contributed by atoms with E-state index < -0.39 is 15.9 Å². The number of hydrogen-bond acceptors (Lipinski definition) is 7. The summed E-state index contributed by atoms with van der Waals surface area (Å²) in [5, 5.41) is 0.506. The third kappa shape index (κ3) is 4.22. The van der Waals surface area contributed by atoms with Gasteiger partial charge in [-0.1, -0.05) is 18.2 Å². The Kier molecular flexibility index (Phi) is 5.96. The number of aromatic nitrogens is 2. The third-order valence-electron chi connectivity index (χ3n) is 5.61. The van der Waals surface area contributed by atoms with Crippen LogP contribution in [0.5, 0.6) is 5.75 Å². The molecule has 3 aromatic rings. The summed E-state index contributed by atoms with van der Waals surface area (Å²) in [5.74, 6) is 0.856. The van der Waals surface area contributed by atoms with Crippen LogP contribution in [0.15, 0.2) is 46.1 Å². The highest BCUT2D eigenvalue weighted by Gasteiger charge is 2.23. The number of hydrogen-bond donors (Lipinski definition) is 0. The molecule has 1 atom stereocenters. The van der Waals surface area contributed by atoms with Crippen LogP contribution in [-0.2, 0) is 21.6 Å². The number of anilines is 1. The van der Waals surface area contributed by atoms with Crippen LogP contribution in [0.3, 0.4) is 0 Å². The number of morpholine rings is 1. The van der Waals surface area contributed by atoms with Crippen LogP contribution in [0.1, 0.15) is 24.2 Å². The number of aryl methyl sites for hydroxylation is 1. The topological polar surface area (TPSA) is 90.7 Å². The second-order valence-electron chi connectivity index (χ2n) is 8.10. The van der Waals surface area contributed by atoms with Crippen molar-refractivity contribution in [2.75, 3.05) is 37.5 Å². The van der Waals surface area contributed by atoms with Gasteiger partial charge in [-0.25, -0.2) is 13.4 Å². The molecule has 0 aliphatic carbocycles. The lowest BCUT2D eigenvalue weighted by molar-refractivity contribution is 0.121. The lowest BCUT2D eigenvalue weighted by atomic mass is 10.0. The highest BCUT2D eigenvalue weighted by molar-refractivity contribution is 7.90. The van der Waals surface area contributed by atoms with E-state index in [9.17, 15) is 13.2 Å². The Morgan fingerprint density at radius 2 is 1.84 bits per heavy atom. The minimum absolute atomic E-state index is 0.127. The van der Waals surface area contributed by atoms with Gasteiger partial charge in [0.25, 0.3) is 5.56 Å². The summed E-state index contributed by atoms with van der Waals surface area (Å²) in [4.78, 5) is 20.2. The average molecular weight is 458 g/mol. The zero-order valence-electron chi connectivity index (χ0n) is 18.7. The van der Waals surface area contributed by atoms with Crippen LogP contribution in [-0.4, -0.2) is 50.5 Å². The molecule has 0 radical (unpaired) electrons. The van der Waals surface area contributed by atoms with Gasteiger partial charge in [-0.15, -0.1) is 0 Å². The molecule has 0 saturated carbocycles. The number of ether oxygens (including phenoxy) is 2. The van der Waals surface area contributed by atoms with E-state index in [-0.39, 0.29) is 16.2 Å².